The second-order valence-corrected chi connectivity index (χ2v) is 6.24. The summed E-state index contributed by atoms with van der Waals surface area (Å²) in [5.41, 5.74) is 1.65. The summed E-state index contributed by atoms with van der Waals surface area (Å²) in [6.45, 7) is 3.59. The second kappa shape index (κ2) is 8.18. The predicted octanol–water partition coefficient (Wildman–Crippen LogP) is 3.61. The number of hydrogen-bond donors (Lipinski definition) is 1. The second-order valence-electron chi connectivity index (χ2n) is 5.80. The fourth-order valence-electron chi connectivity index (χ4n) is 2.38. The van der Waals surface area contributed by atoms with Crippen molar-refractivity contribution in [2.45, 2.75) is 26.0 Å². The van der Waals surface area contributed by atoms with Crippen molar-refractivity contribution in [1.82, 2.24) is 4.90 Å². The first-order chi connectivity index (χ1) is 11.4. The van der Waals surface area contributed by atoms with E-state index in [4.69, 9.17) is 16.3 Å². The maximum atomic E-state index is 12.3. The minimum Gasteiger partial charge on any atom is -0.483 e. The van der Waals surface area contributed by atoms with Gasteiger partial charge in [-0.05, 0) is 43.2 Å². The number of aliphatic hydroxyl groups excluding tert-OH is 1. The number of halogens is 1. The summed E-state index contributed by atoms with van der Waals surface area (Å²) in [5.74, 6) is 0.421. The Morgan fingerprint density at radius 2 is 1.92 bits per heavy atom. The Hall–Kier alpha value is -2.04. The minimum atomic E-state index is -0.752. The number of hydrogen-bond acceptors (Lipinski definition) is 3. The van der Waals surface area contributed by atoms with Gasteiger partial charge in [-0.15, -0.1) is 0 Å². The molecule has 2 aromatic carbocycles. The Bertz CT molecular complexity index is 690. The van der Waals surface area contributed by atoms with E-state index in [0.29, 0.717) is 10.8 Å². The number of carbonyl (C=O) groups excluding carboxylic acids is 1. The maximum Gasteiger partial charge on any atom is 0.260 e. The van der Waals surface area contributed by atoms with E-state index in [1.807, 2.05) is 44.2 Å². The molecule has 0 aromatic heterocycles. The molecule has 24 heavy (non-hydrogen) atoms. The van der Waals surface area contributed by atoms with E-state index in [1.165, 1.54) is 4.90 Å². The first-order valence-electron chi connectivity index (χ1n) is 7.77. The normalized spacial score (nSPS) is 13.2. The first kappa shape index (κ1) is 18.3. The van der Waals surface area contributed by atoms with Gasteiger partial charge in [-0.2, -0.15) is 0 Å². The summed E-state index contributed by atoms with van der Waals surface area (Å²) in [5, 5.41) is 11.0. The lowest BCUT2D eigenvalue weighted by molar-refractivity contribution is -0.136. The van der Waals surface area contributed by atoms with Gasteiger partial charge in [0.1, 0.15) is 5.75 Å². The summed E-state index contributed by atoms with van der Waals surface area (Å²) in [6, 6.07) is 14.2. The minimum absolute atomic E-state index is 0.0924. The molecule has 0 saturated carbocycles. The summed E-state index contributed by atoms with van der Waals surface area (Å²) in [7, 11) is 1.66. The van der Waals surface area contributed by atoms with Gasteiger partial charge in [0, 0.05) is 12.1 Å². The van der Waals surface area contributed by atoms with Gasteiger partial charge in [0.2, 0.25) is 0 Å². The van der Waals surface area contributed by atoms with E-state index in [9.17, 15) is 9.90 Å². The Morgan fingerprint density at radius 1 is 1.25 bits per heavy atom. The lowest BCUT2D eigenvalue weighted by Crippen LogP contribution is -2.41. The van der Waals surface area contributed by atoms with Crippen molar-refractivity contribution in [3.8, 4) is 5.75 Å². The van der Waals surface area contributed by atoms with Crippen LogP contribution in [-0.2, 0) is 4.79 Å². The van der Waals surface area contributed by atoms with Crippen molar-refractivity contribution in [3.05, 3.63) is 64.7 Å². The summed E-state index contributed by atoms with van der Waals surface area (Å²) < 4.78 is 5.58. The van der Waals surface area contributed by atoms with Crippen LogP contribution in [0.15, 0.2) is 48.5 Å². The fourth-order valence-corrected chi connectivity index (χ4v) is 2.61. The molecule has 4 nitrogen and oxygen atoms in total. The van der Waals surface area contributed by atoms with Crippen LogP contribution in [0.3, 0.4) is 0 Å². The molecule has 0 aliphatic carbocycles. The van der Waals surface area contributed by atoms with Gasteiger partial charge in [-0.3, -0.25) is 4.79 Å². The highest BCUT2D eigenvalue weighted by atomic mass is 35.5. The Balaban J connectivity index is 1.96. The van der Waals surface area contributed by atoms with E-state index < -0.39 is 6.10 Å². The molecule has 2 atom stereocenters. The van der Waals surface area contributed by atoms with Gasteiger partial charge in [-0.1, -0.05) is 41.9 Å². The molecule has 0 bridgehead atoms. The fraction of sp³-hybridized carbons (Fsp3) is 0.316. The van der Waals surface area contributed by atoms with Gasteiger partial charge >= 0.3 is 0 Å². The van der Waals surface area contributed by atoms with E-state index in [-0.39, 0.29) is 18.6 Å². The summed E-state index contributed by atoms with van der Waals surface area (Å²) >= 11 is 5.91. The molecular weight excluding hydrogens is 326 g/mol. The highest BCUT2D eigenvalue weighted by molar-refractivity contribution is 6.30. The lowest BCUT2D eigenvalue weighted by atomic mass is 10.0. The quantitative estimate of drug-likeness (QED) is 0.868. The first-order valence-corrected chi connectivity index (χ1v) is 8.15. The third-order valence-electron chi connectivity index (χ3n) is 4.09. The van der Waals surface area contributed by atoms with Gasteiger partial charge in [-0.25, -0.2) is 0 Å². The molecule has 0 fully saturated rings. The highest BCUT2D eigenvalue weighted by Gasteiger charge is 2.24. The smallest absolute Gasteiger partial charge is 0.260 e. The SMILES string of the molecule is Cc1cc(Cl)ccc1OCC(=O)N(C)C(C)C(O)c1ccccc1. The molecule has 2 rings (SSSR count). The molecule has 0 aliphatic rings. The molecule has 2 unspecified atom stereocenters. The lowest BCUT2D eigenvalue weighted by Gasteiger charge is -2.29. The van der Waals surface area contributed by atoms with Crippen LogP contribution in [0.1, 0.15) is 24.2 Å². The molecule has 128 valence electrons. The average Bonchev–Trinajstić information content (AvgIpc) is 2.59. The zero-order valence-corrected chi connectivity index (χ0v) is 14.8. The van der Waals surface area contributed by atoms with Gasteiger partial charge in [0.25, 0.3) is 5.91 Å². The maximum absolute atomic E-state index is 12.3. The number of likely N-dealkylation sites (N-methyl/N-ethyl adjacent to an activating group) is 1. The van der Waals surface area contributed by atoms with E-state index in [1.54, 1.807) is 25.2 Å². The summed E-state index contributed by atoms with van der Waals surface area (Å²) in [4.78, 5) is 13.8. The van der Waals surface area contributed by atoms with Crippen molar-refractivity contribution < 1.29 is 14.6 Å². The Kier molecular flexibility index (Phi) is 6.23. The Morgan fingerprint density at radius 3 is 2.54 bits per heavy atom. The number of amides is 1. The van der Waals surface area contributed by atoms with Crippen LogP contribution in [0.2, 0.25) is 5.02 Å². The van der Waals surface area contributed by atoms with Crippen molar-refractivity contribution in [1.29, 1.82) is 0 Å². The Labute approximate surface area is 147 Å². The molecule has 5 heteroatoms. The highest BCUT2D eigenvalue weighted by Crippen LogP contribution is 2.23. The van der Waals surface area contributed by atoms with Crippen molar-refractivity contribution in [3.63, 3.8) is 0 Å². The molecular formula is C19H22ClNO3. The van der Waals surface area contributed by atoms with Crippen LogP contribution in [0.4, 0.5) is 0 Å². The molecule has 0 spiro atoms. The number of aryl methyl sites for hydroxylation is 1. The van der Waals surface area contributed by atoms with Crippen LogP contribution in [0.5, 0.6) is 5.75 Å². The van der Waals surface area contributed by atoms with Crippen molar-refractivity contribution in [2.24, 2.45) is 0 Å². The van der Waals surface area contributed by atoms with E-state index in [2.05, 4.69) is 0 Å². The topological polar surface area (TPSA) is 49.8 Å². The standard InChI is InChI=1S/C19H22ClNO3/c1-13-11-16(20)9-10-17(13)24-12-18(22)21(3)14(2)19(23)15-7-5-4-6-8-15/h4-11,14,19,23H,12H2,1-3H3. The zero-order chi connectivity index (χ0) is 17.7. The van der Waals surface area contributed by atoms with E-state index >= 15 is 0 Å². The average molecular weight is 348 g/mol. The number of ether oxygens (including phenoxy) is 1. The summed E-state index contributed by atoms with van der Waals surface area (Å²) in [6.07, 6.45) is -0.752. The largest absolute Gasteiger partial charge is 0.483 e. The van der Waals surface area contributed by atoms with Gasteiger partial charge < -0.3 is 14.7 Å². The van der Waals surface area contributed by atoms with Crippen molar-refractivity contribution in [2.75, 3.05) is 13.7 Å². The molecule has 1 amide bonds. The zero-order valence-electron chi connectivity index (χ0n) is 14.1. The van der Waals surface area contributed by atoms with Crippen LogP contribution in [-0.4, -0.2) is 35.6 Å². The number of benzene rings is 2. The number of aliphatic hydroxyl groups is 1. The monoisotopic (exact) mass is 347 g/mol. The van der Waals surface area contributed by atoms with Crippen molar-refractivity contribution >= 4 is 17.5 Å². The van der Waals surface area contributed by atoms with E-state index in [0.717, 1.165) is 11.1 Å². The molecule has 0 saturated heterocycles. The van der Waals surface area contributed by atoms with Crippen LogP contribution < -0.4 is 4.74 Å². The third-order valence-corrected chi connectivity index (χ3v) is 4.33. The van der Waals surface area contributed by atoms with Crippen LogP contribution >= 0.6 is 11.6 Å². The number of carbonyl (C=O) groups is 1. The molecule has 0 radical (unpaired) electrons. The third kappa shape index (κ3) is 4.49. The van der Waals surface area contributed by atoms with Gasteiger partial charge in [0.05, 0.1) is 12.1 Å². The molecule has 1 N–H and O–H groups in total. The molecule has 2 aromatic rings. The van der Waals surface area contributed by atoms with Gasteiger partial charge in [0.15, 0.2) is 6.61 Å². The van der Waals surface area contributed by atoms with Crippen LogP contribution in [0.25, 0.3) is 0 Å². The predicted molar refractivity (Wildman–Crippen MR) is 95.3 cm³/mol. The molecule has 0 heterocycles. The number of rotatable bonds is 6. The molecule has 0 aliphatic heterocycles. The number of nitrogens with zero attached hydrogens (tertiary/aromatic N) is 1. The van der Waals surface area contributed by atoms with Crippen LogP contribution in [0, 0.1) is 6.92 Å².